The summed E-state index contributed by atoms with van der Waals surface area (Å²) >= 11 is 0. The molecule has 1 aliphatic heterocycles. The lowest BCUT2D eigenvalue weighted by Crippen LogP contribution is -2.27. The number of aryl methyl sites for hydroxylation is 1. The number of hydrogen-bond acceptors (Lipinski definition) is 7. The van der Waals surface area contributed by atoms with Crippen molar-refractivity contribution >= 4 is 21.4 Å². The molecule has 0 bridgehead atoms. The third-order valence-electron chi connectivity index (χ3n) is 5.62. The molecule has 0 aliphatic carbocycles. The first-order valence-electron chi connectivity index (χ1n) is 10.4. The molecular formula is C24H23N3O6S. The molecule has 176 valence electrons. The third-order valence-corrected chi connectivity index (χ3v) is 7.32. The molecule has 0 aromatic heterocycles. The number of nitro benzene ring substituents is 1. The van der Waals surface area contributed by atoms with E-state index in [1.807, 2.05) is 6.92 Å². The number of non-ortho nitro benzene ring substituents is 1. The van der Waals surface area contributed by atoms with E-state index in [0.717, 1.165) is 9.98 Å². The van der Waals surface area contributed by atoms with Crippen molar-refractivity contribution in [1.82, 2.24) is 4.41 Å². The van der Waals surface area contributed by atoms with Gasteiger partial charge in [0.1, 0.15) is 0 Å². The lowest BCUT2D eigenvalue weighted by Gasteiger charge is -2.23. The van der Waals surface area contributed by atoms with Crippen molar-refractivity contribution in [2.75, 3.05) is 14.2 Å². The topological polar surface area (TPSA) is 111 Å². The van der Waals surface area contributed by atoms with E-state index in [0.29, 0.717) is 28.3 Å². The van der Waals surface area contributed by atoms with Gasteiger partial charge in [0.2, 0.25) is 0 Å². The van der Waals surface area contributed by atoms with E-state index in [2.05, 4.69) is 5.10 Å². The van der Waals surface area contributed by atoms with Crippen molar-refractivity contribution in [3.63, 3.8) is 0 Å². The van der Waals surface area contributed by atoms with Gasteiger partial charge in [-0.05, 0) is 42.8 Å². The van der Waals surface area contributed by atoms with Crippen LogP contribution in [0.25, 0.3) is 0 Å². The average molecular weight is 482 g/mol. The van der Waals surface area contributed by atoms with Gasteiger partial charge < -0.3 is 9.47 Å². The summed E-state index contributed by atoms with van der Waals surface area (Å²) in [7, 11) is -0.997. The standard InChI is InChI=1S/C24H23N3O6S/c1-16-7-10-20(11-8-16)34(30,31)26-22(18-5-4-6-19(13-18)27(28)29)15-21(25-26)17-9-12-23(32-2)24(14-17)33-3/h4-14,22H,15H2,1-3H3. The Bertz CT molecular complexity index is 1370. The number of ether oxygens (including phenoxy) is 2. The van der Waals surface area contributed by atoms with E-state index in [-0.39, 0.29) is 17.0 Å². The lowest BCUT2D eigenvalue weighted by atomic mass is 9.98. The Morgan fingerprint density at radius 1 is 1.00 bits per heavy atom. The summed E-state index contributed by atoms with van der Waals surface area (Å²) in [6, 6.07) is 16.9. The predicted molar refractivity (Wildman–Crippen MR) is 127 cm³/mol. The van der Waals surface area contributed by atoms with Gasteiger partial charge in [0.15, 0.2) is 11.5 Å². The van der Waals surface area contributed by atoms with E-state index in [9.17, 15) is 18.5 Å². The Balaban J connectivity index is 1.82. The van der Waals surface area contributed by atoms with Gasteiger partial charge in [-0.15, -0.1) is 0 Å². The minimum absolute atomic E-state index is 0.0887. The summed E-state index contributed by atoms with van der Waals surface area (Å²) in [4.78, 5) is 10.9. The minimum atomic E-state index is -4.04. The third kappa shape index (κ3) is 4.32. The summed E-state index contributed by atoms with van der Waals surface area (Å²) in [5, 5.41) is 15.8. The van der Waals surface area contributed by atoms with E-state index >= 15 is 0 Å². The first-order valence-corrected chi connectivity index (χ1v) is 11.8. The monoisotopic (exact) mass is 481 g/mol. The van der Waals surface area contributed by atoms with Crippen molar-refractivity contribution in [3.05, 3.63) is 93.5 Å². The molecular weight excluding hydrogens is 458 g/mol. The molecule has 0 spiro atoms. The highest BCUT2D eigenvalue weighted by atomic mass is 32.2. The molecule has 0 saturated heterocycles. The number of rotatable bonds is 7. The van der Waals surface area contributed by atoms with Crippen LogP contribution < -0.4 is 9.47 Å². The van der Waals surface area contributed by atoms with E-state index in [1.54, 1.807) is 42.5 Å². The van der Waals surface area contributed by atoms with Crippen LogP contribution in [0.1, 0.15) is 29.2 Å². The number of nitrogens with zero attached hydrogens (tertiary/aromatic N) is 3. The van der Waals surface area contributed by atoms with Crippen LogP contribution in [-0.4, -0.2) is 37.7 Å². The fourth-order valence-corrected chi connectivity index (χ4v) is 5.25. The summed E-state index contributed by atoms with van der Waals surface area (Å²) in [5.41, 5.74) is 2.45. The molecule has 0 amide bonds. The molecule has 1 unspecified atom stereocenters. The Hall–Kier alpha value is -3.92. The number of methoxy groups -OCH3 is 2. The molecule has 3 aromatic rings. The molecule has 3 aromatic carbocycles. The highest BCUT2D eigenvalue weighted by Gasteiger charge is 2.38. The number of sulfonamides is 1. The lowest BCUT2D eigenvalue weighted by molar-refractivity contribution is -0.384. The largest absolute Gasteiger partial charge is 0.493 e. The Kier molecular flexibility index (Phi) is 6.25. The van der Waals surface area contributed by atoms with E-state index < -0.39 is 21.0 Å². The second-order valence-electron chi connectivity index (χ2n) is 7.78. The van der Waals surface area contributed by atoms with Crippen LogP contribution >= 0.6 is 0 Å². The SMILES string of the molecule is COc1ccc(C2=NN(S(=O)(=O)c3ccc(C)cc3)C(c3cccc([N+](=O)[O-])c3)C2)cc1OC. The average Bonchev–Trinajstić information content (AvgIpc) is 3.30. The number of hydrogen-bond donors (Lipinski definition) is 0. The van der Waals surface area contributed by atoms with Crippen LogP contribution in [0.3, 0.4) is 0 Å². The van der Waals surface area contributed by atoms with Crippen molar-refractivity contribution < 1.29 is 22.8 Å². The molecule has 9 nitrogen and oxygen atoms in total. The Morgan fingerprint density at radius 2 is 1.71 bits per heavy atom. The maximum Gasteiger partial charge on any atom is 0.279 e. The highest BCUT2D eigenvalue weighted by molar-refractivity contribution is 7.89. The molecule has 0 N–H and O–H groups in total. The van der Waals surface area contributed by atoms with Crippen molar-refractivity contribution in [2.24, 2.45) is 5.10 Å². The molecule has 10 heteroatoms. The second-order valence-corrected chi connectivity index (χ2v) is 9.57. The first kappa shape index (κ1) is 23.2. The molecule has 0 saturated carbocycles. The highest BCUT2D eigenvalue weighted by Crippen LogP contribution is 2.39. The van der Waals surface area contributed by atoms with Crippen LogP contribution in [0.2, 0.25) is 0 Å². The van der Waals surface area contributed by atoms with E-state index in [1.165, 1.54) is 38.5 Å². The van der Waals surface area contributed by atoms with Crippen molar-refractivity contribution in [2.45, 2.75) is 24.3 Å². The first-order chi connectivity index (χ1) is 16.2. The zero-order valence-electron chi connectivity index (χ0n) is 18.8. The molecule has 1 heterocycles. The van der Waals surface area contributed by atoms with Crippen LogP contribution in [0.4, 0.5) is 5.69 Å². The van der Waals surface area contributed by atoms with Gasteiger partial charge in [-0.3, -0.25) is 10.1 Å². The summed E-state index contributed by atoms with van der Waals surface area (Å²) in [6.07, 6.45) is 0.224. The zero-order valence-corrected chi connectivity index (χ0v) is 19.7. The fraction of sp³-hybridized carbons (Fsp3) is 0.208. The summed E-state index contributed by atoms with van der Waals surface area (Å²) in [6.45, 7) is 1.87. The number of benzene rings is 3. The van der Waals surface area contributed by atoms with Gasteiger partial charge in [-0.1, -0.05) is 29.8 Å². The number of hydrazone groups is 1. The predicted octanol–water partition coefficient (Wildman–Crippen LogP) is 4.46. The maximum absolute atomic E-state index is 13.6. The summed E-state index contributed by atoms with van der Waals surface area (Å²) in [5.74, 6) is 1.01. The van der Waals surface area contributed by atoms with Gasteiger partial charge >= 0.3 is 0 Å². The van der Waals surface area contributed by atoms with Gasteiger partial charge in [0.05, 0.1) is 35.8 Å². The fourth-order valence-electron chi connectivity index (χ4n) is 3.81. The molecule has 1 atom stereocenters. The normalized spacial score (nSPS) is 15.7. The van der Waals surface area contributed by atoms with Crippen LogP contribution in [0.5, 0.6) is 11.5 Å². The maximum atomic E-state index is 13.6. The molecule has 1 aliphatic rings. The van der Waals surface area contributed by atoms with Gasteiger partial charge in [0.25, 0.3) is 15.7 Å². The Labute approximate surface area is 197 Å². The van der Waals surface area contributed by atoms with Crippen LogP contribution in [-0.2, 0) is 10.0 Å². The second kappa shape index (κ2) is 9.14. The number of nitro groups is 1. The quantitative estimate of drug-likeness (QED) is 0.364. The van der Waals surface area contributed by atoms with E-state index in [4.69, 9.17) is 9.47 Å². The summed E-state index contributed by atoms with van der Waals surface area (Å²) < 4.78 is 38.9. The van der Waals surface area contributed by atoms with Gasteiger partial charge in [-0.2, -0.15) is 17.9 Å². The molecule has 34 heavy (non-hydrogen) atoms. The van der Waals surface area contributed by atoms with Crippen molar-refractivity contribution in [3.8, 4) is 11.5 Å². The molecule has 4 rings (SSSR count). The Morgan fingerprint density at radius 3 is 2.35 bits per heavy atom. The smallest absolute Gasteiger partial charge is 0.279 e. The van der Waals surface area contributed by atoms with Crippen LogP contribution in [0, 0.1) is 17.0 Å². The zero-order chi connectivity index (χ0) is 24.5. The molecule has 0 radical (unpaired) electrons. The van der Waals surface area contributed by atoms with Crippen molar-refractivity contribution in [1.29, 1.82) is 0 Å². The van der Waals surface area contributed by atoms with Crippen LogP contribution in [0.15, 0.2) is 76.7 Å². The van der Waals surface area contributed by atoms with Gasteiger partial charge in [-0.25, -0.2) is 0 Å². The molecule has 0 fully saturated rings. The minimum Gasteiger partial charge on any atom is -0.493 e. The van der Waals surface area contributed by atoms with Gasteiger partial charge in [0, 0.05) is 24.1 Å².